The molecule has 0 fully saturated rings. The molecule has 0 spiro atoms. The molecular weight excluding hydrogens is 459 g/mol. The first-order valence-corrected chi connectivity index (χ1v) is 10.6. The lowest BCUT2D eigenvalue weighted by molar-refractivity contribution is 0.200. The minimum atomic E-state index is -1.33. The van der Waals surface area contributed by atoms with Crippen LogP contribution in [0.2, 0.25) is 0 Å². The Morgan fingerprint density at radius 2 is 1.91 bits per heavy atom. The van der Waals surface area contributed by atoms with Gasteiger partial charge in [0.05, 0.1) is 16.5 Å². The van der Waals surface area contributed by atoms with Crippen LogP contribution >= 0.6 is 11.8 Å². The Hall–Kier alpha value is -3.41. The molecule has 0 saturated heterocycles. The lowest BCUT2D eigenvalue weighted by atomic mass is 9.87. The van der Waals surface area contributed by atoms with E-state index in [9.17, 15) is 18.7 Å². The Kier molecular flexibility index (Phi) is 5.87. The van der Waals surface area contributed by atoms with Crippen molar-refractivity contribution in [1.82, 2.24) is 20.4 Å². The molecule has 2 N–H and O–H groups in total. The number of rotatable bonds is 3. The van der Waals surface area contributed by atoms with Crippen LogP contribution in [0.5, 0.6) is 0 Å². The zero-order chi connectivity index (χ0) is 23.9. The Morgan fingerprint density at radius 3 is 2.52 bits per heavy atom. The van der Waals surface area contributed by atoms with E-state index >= 15 is 4.39 Å². The molecule has 3 heterocycles. The number of hydrogen-bond donors (Lipinski definition) is 2. The third kappa shape index (κ3) is 4.42. The Morgan fingerprint density at radius 1 is 1.21 bits per heavy atom. The summed E-state index contributed by atoms with van der Waals surface area (Å²) in [6, 6.07) is 1.45. The van der Waals surface area contributed by atoms with Crippen molar-refractivity contribution in [1.29, 1.82) is 0 Å². The van der Waals surface area contributed by atoms with Crippen LogP contribution in [0.15, 0.2) is 34.0 Å². The predicted molar refractivity (Wildman–Crippen MR) is 114 cm³/mol. The second-order valence-electron chi connectivity index (χ2n) is 7.71. The summed E-state index contributed by atoms with van der Waals surface area (Å²) in [6.45, 7) is 5.15. The quantitative estimate of drug-likeness (QED) is 0.517. The van der Waals surface area contributed by atoms with E-state index < -0.39 is 34.6 Å². The van der Waals surface area contributed by atoms with Gasteiger partial charge in [-0.2, -0.15) is 4.39 Å². The fraction of sp³-hybridized carbons (Fsp3) is 0.286. The van der Waals surface area contributed by atoms with Gasteiger partial charge in [0.25, 0.3) is 0 Å². The number of aliphatic imine (C=N–C) groups is 1. The molecule has 0 bridgehead atoms. The molecule has 2 atom stereocenters. The summed E-state index contributed by atoms with van der Waals surface area (Å²) in [5, 5.41) is 15.5. The molecule has 1 aromatic carbocycles. The van der Waals surface area contributed by atoms with E-state index in [2.05, 4.69) is 25.4 Å². The van der Waals surface area contributed by atoms with Crippen molar-refractivity contribution in [2.24, 2.45) is 4.99 Å². The van der Waals surface area contributed by atoms with E-state index in [4.69, 9.17) is 4.52 Å². The van der Waals surface area contributed by atoms with E-state index in [-0.39, 0.29) is 28.3 Å². The van der Waals surface area contributed by atoms with Gasteiger partial charge in [0.15, 0.2) is 5.17 Å². The van der Waals surface area contributed by atoms with E-state index in [1.165, 1.54) is 6.07 Å². The molecule has 1 amide bonds. The summed E-state index contributed by atoms with van der Waals surface area (Å²) in [4.78, 5) is 22.7. The number of amides is 1. The standard InChI is InChI=1S/C21H18F3N5O3S/c1-9-17(10(2)32-29-9)16-6-21(3,33-19(27-16)28-20(30)31)13-4-12(14(22)5-15(13)23)11-7-25-18(24)26-8-11/h4-5,7-8,16H,6H2,1-3H3,(H,27,28)(H,30,31)/t16-,21-/m0/s1. The summed E-state index contributed by atoms with van der Waals surface area (Å²) in [7, 11) is 0. The first-order valence-electron chi connectivity index (χ1n) is 9.74. The number of benzene rings is 1. The van der Waals surface area contributed by atoms with Gasteiger partial charge in [-0.1, -0.05) is 16.9 Å². The SMILES string of the molecule is Cc1noc(C)c1[C@@H]1C[C@@](C)(c2cc(-c3cnc(F)nc3)c(F)cc2F)SC(NC(=O)O)=N1. The van der Waals surface area contributed by atoms with Crippen LogP contribution in [-0.4, -0.2) is 31.5 Å². The van der Waals surface area contributed by atoms with Crippen LogP contribution in [-0.2, 0) is 4.75 Å². The highest BCUT2D eigenvalue weighted by Gasteiger charge is 2.41. The minimum Gasteiger partial charge on any atom is -0.465 e. The van der Waals surface area contributed by atoms with Crippen LogP contribution in [0.4, 0.5) is 18.0 Å². The van der Waals surface area contributed by atoms with Crippen molar-refractivity contribution in [3.63, 3.8) is 0 Å². The maximum Gasteiger partial charge on any atom is 0.410 e. The molecule has 1 aliphatic rings. The molecule has 4 rings (SSSR count). The summed E-state index contributed by atoms with van der Waals surface area (Å²) >= 11 is 1.01. The number of carbonyl (C=O) groups is 1. The van der Waals surface area contributed by atoms with Gasteiger partial charge in [0, 0.05) is 40.7 Å². The molecule has 172 valence electrons. The maximum absolute atomic E-state index is 15.1. The largest absolute Gasteiger partial charge is 0.465 e. The molecule has 33 heavy (non-hydrogen) atoms. The molecule has 1 aliphatic heterocycles. The number of carboxylic acid groups (broad SMARTS) is 1. The van der Waals surface area contributed by atoms with Gasteiger partial charge in [0.1, 0.15) is 17.4 Å². The predicted octanol–water partition coefficient (Wildman–Crippen LogP) is 4.88. The minimum absolute atomic E-state index is 0.0163. The fourth-order valence-corrected chi connectivity index (χ4v) is 5.16. The molecule has 8 nitrogen and oxygen atoms in total. The number of halogens is 3. The van der Waals surface area contributed by atoms with Crippen molar-refractivity contribution in [2.75, 3.05) is 0 Å². The Balaban J connectivity index is 1.83. The number of thioether (sulfide) groups is 1. The molecule has 0 saturated carbocycles. The van der Waals surface area contributed by atoms with E-state index in [1.807, 2.05) is 0 Å². The number of nitrogens with one attached hydrogen (secondary N) is 1. The van der Waals surface area contributed by atoms with E-state index in [0.717, 1.165) is 30.2 Å². The first-order chi connectivity index (χ1) is 15.6. The molecule has 0 radical (unpaired) electrons. The summed E-state index contributed by atoms with van der Waals surface area (Å²) < 4.78 is 47.0. The average Bonchev–Trinajstić information content (AvgIpc) is 3.06. The van der Waals surface area contributed by atoms with Gasteiger partial charge >= 0.3 is 12.2 Å². The zero-order valence-corrected chi connectivity index (χ0v) is 18.5. The summed E-state index contributed by atoms with van der Waals surface area (Å²) in [6.07, 6.45) is 0.146. The first kappa shape index (κ1) is 22.8. The number of amidine groups is 1. The van der Waals surface area contributed by atoms with Crippen molar-refractivity contribution < 1.29 is 27.6 Å². The van der Waals surface area contributed by atoms with Crippen LogP contribution in [0.25, 0.3) is 11.1 Å². The van der Waals surface area contributed by atoms with Crippen LogP contribution < -0.4 is 5.32 Å². The second-order valence-corrected chi connectivity index (χ2v) is 9.20. The molecule has 2 aromatic heterocycles. The lowest BCUT2D eigenvalue weighted by Gasteiger charge is -2.36. The monoisotopic (exact) mass is 477 g/mol. The Bertz CT molecular complexity index is 1250. The van der Waals surface area contributed by atoms with Gasteiger partial charge in [-0.05, 0) is 33.3 Å². The third-order valence-electron chi connectivity index (χ3n) is 5.37. The topological polar surface area (TPSA) is 114 Å². The zero-order valence-electron chi connectivity index (χ0n) is 17.7. The molecule has 12 heteroatoms. The highest BCUT2D eigenvalue weighted by molar-refractivity contribution is 8.14. The van der Waals surface area contributed by atoms with Crippen molar-refractivity contribution >= 4 is 23.0 Å². The second kappa shape index (κ2) is 8.50. The molecule has 0 unspecified atom stereocenters. The summed E-state index contributed by atoms with van der Waals surface area (Å²) in [5.74, 6) is -1.17. The van der Waals surface area contributed by atoms with Crippen LogP contribution in [0.3, 0.4) is 0 Å². The normalized spacial score (nSPS) is 20.4. The highest BCUT2D eigenvalue weighted by atomic mass is 32.2. The molecule has 0 aliphatic carbocycles. The number of hydrogen-bond acceptors (Lipinski definition) is 7. The van der Waals surface area contributed by atoms with Crippen molar-refractivity contribution in [3.8, 4) is 11.1 Å². The van der Waals surface area contributed by atoms with Crippen LogP contribution in [0.1, 0.15) is 42.0 Å². The van der Waals surface area contributed by atoms with Gasteiger partial charge in [0.2, 0.25) is 0 Å². The van der Waals surface area contributed by atoms with Crippen molar-refractivity contribution in [3.05, 3.63) is 64.8 Å². The fourth-order valence-electron chi connectivity index (χ4n) is 3.91. The van der Waals surface area contributed by atoms with E-state index in [0.29, 0.717) is 17.0 Å². The number of aromatic nitrogens is 3. The Labute approximate surface area is 190 Å². The van der Waals surface area contributed by atoms with Gasteiger partial charge < -0.3 is 9.63 Å². The van der Waals surface area contributed by atoms with Gasteiger partial charge in [-0.3, -0.25) is 10.3 Å². The average molecular weight is 477 g/mol. The van der Waals surface area contributed by atoms with Crippen molar-refractivity contribution in [2.45, 2.75) is 38.0 Å². The van der Waals surface area contributed by atoms with Gasteiger partial charge in [-0.25, -0.2) is 23.5 Å². The lowest BCUT2D eigenvalue weighted by Crippen LogP contribution is -2.36. The smallest absolute Gasteiger partial charge is 0.410 e. The number of nitrogens with zero attached hydrogens (tertiary/aromatic N) is 4. The summed E-state index contributed by atoms with van der Waals surface area (Å²) in [5.41, 5.74) is 1.51. The third-order valence-corrected chi connectivity index (χ3v) is 6.61. The molecular formula is C21H18F3N5O3S. The van der Waals surface area contributed by atoms with E-state index in [1.54, 1.807) is 20.8 Å². The number of aryl methyl sites for hydroxylation is 2. The molecule has 3 aromatic rings. The van der Waals surface area contributed by atoms with Crippen LogP contribution in [0, 0.1) is 31.6 Å². The highest BCUT2D eigenvalue weighted by Crippen LogP contribution is 2.50. The maximum atomic E-state index is 15.1. The van der Waals surface area contributed by atoms with Gasteiger partial charge in [-0.15, -0.1) is 0 Å².